The average molecular weight is 230 g/mol. The molecule has 0 spiro atoms. The number of hydrogen-bond donors (Lipinski definition) is 2. The lowest BCUT2D eigenvalue weighted by Gasteiger charge is -2.26. The Balaban J connectivity index is 1.87. The first-order valence-electron chi connectivity index (χ1n) is 6.31. The van der Waals surface area contributed by atoms with E-state index in [1.165, 1.54) is 6.42 Å². The number of hydrogen-bond acceptors (Lipinski definition) is 4. The van der Waals surface area contributed by atoms with E-state index >= 15 is 0 Å². The Morgan fingerprint density at radius 1 is 1.25 bits per heavy atom. The van der Waals surface area contributed by atoms with Crippen molar-refractivity contribution < 1.29 is 9.84 Å². The molecule has 2 N–H and O–H groups in total. The summed E-state index contributed by atoms with van der Waals surface area (Å²) in [4.78, 5) is 2.45. The quantitative estimate of drug-likeness (QED) is 0.624. The molecule has 1 rings (SSSR count). The van der Waals surface area contributed by atoms with Gasteiger partial charge in [-0.25, -0.2) is 0 Å². The molecule has 0 aromatic rings. The summed E-state index contributed by atoms with van der Waals surface area (Å²) in [5.41, 5.74) is -0.544. The van der Waals surface area contributed by atoms with E-state index in [1.54, 1.807) is 0 Å². The van der Waals surface area contributed by atoms with Gasteiger partial charge in [0.05, 0.1) is 18.8 Å². The highest BCUT2D eigenvalue weighted by Crippen LogP contribution is 2.04. The third kappa shape index (κ3) is 7.17. The highest BCUT2D eigenvalue weighted by Gasteiger charge is 2.11. The Labute approximate surface area is 99.0 Å². The van der Waals surface area contributed by atoms with Gasteiger partial charge in [-0.05, 0) is 46.3 Å². The van der Waals surface area contributed by atoms with Crippen LogP contribution in [0.5, 0.6) is 0 Å². The van der Waals surface area contributed by atoms with E-state index < -0.39 is 5.60 Å². The van der Waals surface area contributed by atoms with Gasteiger partial charge in [-0.15, -0.1) is 0 Å². The van der Waals surface area contributed by atoms with E-state index in [9.17, 15) is 5.11 Å². The molecule has 4 heteroatoms. The second-order valence-electron chi connectivity index (χ2n) is 5.12. The van der Waals surface area contributed by atoms with E-state index in [2.05, 4.69) is 10.2 Å². The average Bonchev–Trinajstić information content (AvgIpc) is 2.23. The maximum Gasteiger partial charge on any atom is 0.0603 e. The van der Waals surface area contributed by atoms with Crippen LogP contribution in [-0.2, 0) is 4.74 Å². The maximum absolute atomic E-state index is 9.52. The zero-order valence-corrected chi connectivity index (χ0v) is 10.7. The van der Waals surface area contributed by atoms with E-state index in [0.29, 0.717) is 0 Å². The molecule has 4 nitrogen and oxygen atoms in total. The van der Waals surface area contributed by atoms with Crippen LogP contribution in [0.25, 0.3) is 0 Å². The molecule has 0 atom stereocenters. The van der Waals surface area contributed by atoms with Gasteiger partial charge in [-0.2, -0.15) is 0 Å². The highest BCUT2D eigenvalue weighted by molar-refractivity contribution is 4.67. The molecule has 0 unspecified atom stereocenters. The first kappa shape index (κ1) is 13.9. The van der Waals surface area contributed by atoms with Crippen molar-refractivity contribution in [3.63, 3.8) is 0 Å². The number of nitrogens with one attached hydrogen (secondary N) is 1. The maximum atomic E-state index is 9.52. The molecule has 0 bridgehead atoms. The van der Waals surface area contributed by atoms with Crippen molar-refractivity contribution >= 4 is 0 Å². The Morgan fingerprint density at radius 2 is 1.94 bits per heavy atom. The van der Waals surface area contributed by atoms with E-state index in [-0.39, 0.29) is 0 Å². The third-order valence-corrected chi connectivity index (χ3v) is 2.85. The van der Waals surface area contributed by atoms with Crippen LogP contribution < -0.4 is 5.32 Å². The third-order valence-electron chi connectivity index (χ3n) is 2.85. The van der Waals surface area contributed by atoms with Crippen LogP contribution in [0.1, 0.15) is 26.7 Å². The van der Waals surface area contributed by atoms with Crippen molar-refractivity contribution in [3.8, 4) is 0 Å². The Bertz CT molecular complexity index is 174. The zero-order chi connectivity index (χ0) is 11.9. The predicted octanol–water partition coefficient (Wildman–Crippen LogP) is 0.459. The van der Waals surface area contributed by atoms with Crippen molar-refractivity contribution in [1.29, 1.82) is 0 Å². The minimum atomic E-state index is -0.544. The minimum absolute atomic E-state index is 0.544. The van der Waals surface area contributed by atoms with Crippen molar-refractivity contribution in [2.24, 2.45) is 0 Å². The predicted molar refractivity (Wildman–Crippen MR) is 65.7 cm³/mol. The van der Waals surface area contributed by atoms with Gasteiger partial charge in [-0.3, -0.25) is 4.90 Å². The van der Waals surface area contributed by atoms with E-state index in [4.69, 9.17) is 4.74 Å². The standard InChI is InChI=1S/C12H26N2O2/c1-12(2,15)4-6-13-5-3-7-14-8-10-16-11-9-14/h13,15H,3-11H2,1-2H3. The van der Waals surface area contributed by atoms with Crippen molar-refractivity contribution in [3.05, 3.63) is 0 Å². The summed E-state index contributed by atoms with van der Waals surface area (Å²) in [6.07, 6.45) is 1.98. The summed E-state index contributed by atoms with van der Waals surface area (Å²) in [5.74, 6) is 0. The van der Waals surface area contributed by atoms with Crippen LogP contribution in [0.3, 0.4) is 0 Å². The van der Waals surface area contributed by atoms with Crippen LogP contribution >= 0.6 is 0 Å². The zero-order valence-electron chi connectivity index (χ0n) is 10.7. The lowest BCUT2D eigenvalue weighted by atomic mass is 10.1. The molecule has 96 valence electrons. The second-order valence-corrected chi connectivity index (χ2v) is 5.12. The molecule has 0 saturated carbocycles. The molecule has 1 saturated heterocycles. The Morgan fingerprint density at radius 3 is 2.56 bits per heavy atom. The molecule has 0 radical (unpaired) electrons. The fourth-order valence-electron chi connectivity index (χ4n) is 1.77. The van der Waals surface area contributed by atoms with Crippen LogP contribution in [0.4, 0.5) is 0 Å². The molecule has 1 heterocycles. The summed E-state index contributed by atoms with van der Waals surface area (Å²) in [6.45, 7) is 10.7. The van der Waals surface area contributed by atoms with Crippen LogP contribution in [0.2, 0.25) is 0 Å². The number of ether oxygens (including phenoxy) is 1. The molecule has 1 fully saturated rings. The van der Waals surface area contributed by atoms with Gasteiger partial charge in [0.2, 0.25) is 0 Å². The largest absolute Gasteiger partial charge is 0.390 e. The number of morpholine rings is 1. The van der Waals surface area contributed by atoms with Crippen molar-refractivity contribution in [2.75, 3.05) is 45.9 Å². The molecule has 16 heavy (non-hydrogen) atoms. The monoisotopic (exact) mass is 230 g/mol. The van der Waals surface area contributed by atoms with Crippen molar-refractivity contribution in [2.45, 2.75) is 32.3 Å². The lowest BCUT2D eigenvalue weighted by Crippen LogP contribution is -2.38. The number of aliphatic hydroxyl groups is 1. The first-order valence-corrected chi connectivity index (χ1v) is 6.31. The van der Waals surface area contributed by atoms with E-state index in [1.807, 2.05) is 13.8 Å². The Hall–Kier alpha value is -0.160. The van der Waals surface area contributed by atoms with Gasteiger partial charge in [0.15, 0.2) is 0 Å². The highest BCUT2D eigenvalue weighted by atomic mass is 16.5. The lowest BCUT2D eigenvalue weighted by molar-refractivity contribution is 0.0373. The fourth-order valence-corrected chi connectivity index (χ4v) is 1.77. The first-order chi connectivity index (χ1) is 7.58. The second kappa shape index (κ2) is 7.22. The topological polar surface area (TPSA) is 44.7 Å². The van der Waals surface area contributed by atoms with Gasteiger partial charge < -0.3 is 15.2 Å². The molecular formula is C12H26N2O2. The van der Waals surface area contributed by atoms with Gasteiger partial charge in [0.25, 0.3) is 0 Å². The van der Waals surface area contributed by atoms with Crippen LogP contribution in [0.15, 0.2) is 0 Å². The van der Waals surface area contributed by atoms with Gasteiger partial charge in [0, 0.05) is 13.1 Å². The molecule has 1 aliphatic heterocycles. The summed E-state index contributed by atoms with van der Waals surface area (Å²) in [5, 5.41) is 12.9. The summed E-state index contributed by atoms with van der Waals surface area (Å²) in [6, 6.07) is 0. The normalized spacial score (nSPS) is 18.9. The Kier molecular flexibility index (Phi) is 6.28. The summed E-state index contributed by atoms with van der Waals surface area (Å²) in [7, 11) is 0. The summed E-state index contributed by atoms with van der Waals surface area (Å²) >= 11 is 0. The fraction of sp³-hybridized carbons (Fsp3) is 1.00. The molecular weight excluding hydrogens is 204 g/mol. The molecule has 0 amide bonds. The van der Waals surface area contributed by atoms with Gasteiger partial charge in [-0.1, -0.05) is 0 Å². The SMILES string of the molecule is CC(C)(O)CCNCCCN1CCOCC1. The van der Waals surface area contributed by atoms with Crippen molar-refractivity contribution in [1.82, 2.24) is 10.2 Å². The minimum Gasteiger partial charge on any atom is -0.390 e. The number of nitrogens with zero attached hydrogens (tertiary/aromatic N) is 1. The van der Waals surface area contributed by atoms with Crippen LogP contribution in [0, 0.1) is 0 Å². The summed E-state index contributed by atoms with van der Waals surface area (Å²) < 4.78 is 5.30. The molecule has 1 aliphatic rings. The van der Waals surface area contributed by atoms with Gasteiger partial charge >= 0.3 is 0 Å². The molecule has 0 aromatic carbocycles. The van der Waals surface area contributed by atoms with E-state index in [0.717, 1.165) is 52.4 Å². The van der Waals surface area contributed by atoms with Crippen LogP contribution in [-0.4, -0.2) is 61.5 Å². The molecule has 0 aromatic heterocycles. The molecule has 0 aliphatic carbocycles. The smallest absolute Gasteiger partial charge is 0.0603 e. The van der Waals surface area contributed by atoms with Gasteiger partial charge in [0.1, 0.15) is 0 Å². The number of rotatable bonds is 7.